The Balaban J connectivity index is 1.69. The van der Waals surface area contributed by atoms with Crippen LogP contribution in [0.15, 0.2) is 24.3 Å². The van der Waals surface area contributed by atoms with E-state index in [0.717, 1.165) is 57.7 Å². The smallest absolute Gasteiger partial charge is 0.222 e. The van der Waals surface area contributed by atoms with Crippen LogP contribution in [0.5, 0.6) is 5.75 Å². The van der Waals surface area contributed by atoms with Crippen LogP contribution in [0.25, 0.3) is 0 Å². The van der Waals surface area contributed by atoms with Gasteiger partial charge in [-0.3, -0.25) is 9.69 Å². The maximum atomic E-state index is 12.0. The lowest BCUT2D eigenvalue weighted by Crippen LogP contribution is -2.49. The molecule has 0 radical (unpaired) electrons. The molecule has 4 nitrogen and oxygen atoms in total. The summed E-state index contributed by atoms with van der Waals surface area (Å²) in [4.78, 5) is 16.5. The predicted octanol–water partition coefficient (Wildman–Crippen LogP) is 2.57. The second-order valence-electron chi connectivity index (χ2n) is 5.92. The molecular weight excluding hydrogens is 276 g/mol. The highest BCUT2D eigenvalue weighted by Gasteiger charge is 2.20. The molecule has 0 spiro atoms. The summed E-state index contributed by atoms with van der Waals surface area (Å²) in [6.45, 7) is 6.94. The van der Waals surface area contributed by atoms with E-state index in [2.05, 4.69) is 24.0 Å². The Morgan fingerprint density at radius 1 is 1.14 bits per heavy atom. The van der Waals surface area contributed by atoms with Crippen LogP contribution in [0.3, 0.4) is 0 Å². The molecule has 4 heteroatoms. The highest BCUT2D eigenvalue weighted by molar-refractivity contribution is 5.76. The summed E-state index contributed by atoms with van der Waals surface area (Å²) < 4.78 is 5.18. The van der Waals surface area contributed by atoms with Crippen LogP contribution in [-0.2, 0) is 11.2 Å². The quantitative estimate of drug-likeness (QED) is 0.776. The number of carbonyl (C=O) groups is 1. The first-order chi connectivity index (χ1) is 10.7. The number of carbonyl (C=O) groups excluding carboxylic acids is 1. The molecule has 122 valence electrons. The van der Waals surface area contributed by atoms with Crippen LogP contribution in [0.2, 0.25) is 0 Å². The van der Waals surface area contributed by atoms with Gasteiger partial charge in [-0.25, -0.2) is 0 Å². The summed E-state index contributed by atoms with van der Waals surface area (Å²) in [6, 6.07) is 8.28. The molecule has 1 aliphatic rings. The van der Waals surface area contributed by atoms with Crippen molar-refractivity contribution >= 4 is 5.91 Å². The number of hydrogen-bond donors (Lipinski definition) is 0. The first-order valence-corrected chi connectivity index (χ1v) is 8.36. The molecule has 1 aromatic carbocycles. The molecular formula is C18H28N2O2. The number of nitrogens with zero attached hydrogens (tertiary/aromatic N) is 2. The molecule has 0 aliphatic carbocycles. The highest BCUT2D eigenvalue weighted by atomic mass is 16.5. The van der Waals surface area contributed by atoms with Crippen molar-refractivity contribution in [3.63, 3.8) is 0 Å². The minimum atomic E-state index is 0.330. The summed E-state index contributed by atoms with van der Waals surface area (Å²) in [5.41, 5.74) is 1.34. The van der Waals surface area contributed by atoms with Gasteiger partial charge in [-0.1, -0.05) is 25.5 Å². The maximum Gasteiger partial charge on any atom is 0.222 e. The largest absolute Gasteiger partial charge is 0.497 e. The molecule has 22 heavy (non-hydrogen) atoms. The molecule has 1 aromatic rings. The second kappa shape index (κ2) is 8.79. The average Bonchev–Trinajstić information content (AvgIpc) is 2.58. The lowest BCUT2D eigenvalue weighted by Gasteiger charge is -2.34. The molecule has 0 aromatic heterocycles. The fraction of sp³-hybridized carbons (Fsp3) is 0.611. The molecule has 0 N–H and O–H groups in total. The number of benzene rings is 1. The van der Waals surface area contributed by atoms with Gasteiger partial charge in [0.15, 0.2) is 0 Å². The standard InChI is InChI=1S/C18H28N2O2/c1-3-4-5-18(21)20-14-12-19(13-15-20)11-10-16-6-8-17(22-2)9-7-16/h6-9H,3-5,10-15H2,1-2H3. The number of unbranched alkanes of at least 4 members (excludes halogenated alkanes) is 1. The van der Waals surface area contributed by atoms with E-state index in [0.29, 0.717) is 12.3 Å². The maximum absolute atomic E-state index is 12.0. The summed E-state index contributed by atoms with van der Waals surface area (Å²) in [5, 5.41) is 0. The predicted molar refractivity (Wildman–Crippen MR) is 89.2 cm³/mol. The summed E-state index contributed by atoms with van der Waals surface area (Å²) in [6.07, 6.45) is 3.86. The SMILES string of the molecule is CCCCC(=O)N1CCN(CCc2ccc(OC)cc2)CC1. The number of methoxy groups -OCH3 is 1. The van der Waals surface area contributed by atoms with Crippen LogP contribution >= 0.6 is 0 Å². The van der Waals surface area contributed by atoms with Crippen molar-refractivity contribution in [2.24, 2.45) is 0 Å². The summed E-state index contributed by atoms with van der Waals surface area (Å²) in [7, 11) is 1.69. The van der Waals surface area contributed by atoms with E-state index in [-0.39, 0.29) is 0 Å². The van der Waals surface area contributed by atoms with Gasteiger partial charge >= 0.3 is 0 Å². The topological polar surface area (TPSA) is 32.8 Å². The Morgan fingerprint density at radius 3 is 2.41 bits per heavy atom. The molecule has 1 saturated heterocycles. The van der Waals surface area contributed by atoms with Gasteiger partial charge < -0.3 is 9.64 Å². The molecule has 0 unspecified atom stereocenters. The van der Waals surface area contributed by atoms with E-state index in [1.54, 1.807) is 7.11 Å². The first-order valence-electron chi connectivity index (χ1n) is 8.36. The van der Waals surface area contributed by atoms with Crippen LogP contribution < -0.4 is 4.74 Å². The zero-order valence-corrected chi connectivity index (χ0v) is 13.9. The molecule has 0 saturated carbocycles. The van der Waals surface area contributed by atoms with E-state index in [4.69, 9.17) is 4.74 Å². The third kappa shape index (κ3) is 5.02. The molecule has 0 bridgehead atoms. The highest BCUT2D eigenvalue weighted by Crippen LogP contribution is 2.13. The second-order valence-corrected chi connectivity index (χ2v) is 5.92. The van der Waals surface area contributed by atoms with E-state index in [9.17, 15) is 4.79 Å². The fourth-order valence-corrected chi connectivity index (χ4v) is 2.79. The zero-order chi connectivity index (χ0) is 15.8. The van der Waals surface area contributed by atoms with E-state index >= 15 is 0 Å². The monoisotopic (exact) mass is 304 g/mol. The number of hydrogen-bond acceptors (Lipinski definition) is 3. The van der Waals surface area contributed by atoms with Crippen molar-refractivity contribution in [2.45, 2.75) is 32.6 Å². The molecule has 1 aliphatic heterocycles. The molecule has 1 fully saturated rings. The number of piperazine rings is 1. The number of rotatable bonds is 7. The number of amides is 1. The van der Waals surface area contributed by atoms with Crippen molar-refractivity contribution in [2.75, 3.05) is 39.8 Å². The zero-order valence-electron chi connectivity index (χ0n) is 13.9. The van der Waals surface area contributed by atoms with Crippen molar-refractivity contribution in [3.8, 4) is 5.75 Å². The van der Waals surface area contributed by atoms with Gasteiger partial charge in [0.25, 0.3) is 0 Å². The van der Waals surface area contributed by atoms with Crippen LogP contribution in [-0.4, -0.2) is 55.5 Å². The average molecular weight is 304 g/mol. The van der Waals surface area contributed by atoms with Gasteiger partial charge in [-0.05, 0) is 30.5 Å². The van der Waals surface area contributed by atoms with Crippen LogP contribution in [0, 0.1) is 0 Å². The van der Waals surface area contributed by atoms with Crippen LogP contribution in [0.1, 0.15) is 31.7 Å². The van der Waals surface area contributed by atoms with E-state index < -0.39 is 0 Å². The molecule has 1 heterocycles. The van der Waals surface area contributed by atoms with E-state index in [1.165, 1.54) is 5.56 Å². The normalized spacial score (nSPS) is 15.8. The van der Waals surface area contributed by atoms with Gasteiger partial charge in [0.05, 0.1) is 7.11 Å². The van der Waals surface area contributed by atoms with Gasteiger partial charge in [0, 0.05) is 39.1 Å². The lowest BCUT2D eigenvalue weighted by atomic mass is 10.1. The Labute approximate surface area is 134 Å². The summed E-state index contributed by atoms with van der Waals surface area (Å²) in [5.74, 6) is 1.24. The first kappa shape index (κ1) is 16.8. The van der Waals surface area contributed by atoms with Crippen LogP contribution in [0.4, 0.5) is 0 Å². The Hall–Kier alpha value is -1.55. The van der Waals surface area contributed by atoms with Gasteiger partial charge in [-0.15, -0.1) is 0 Å². The lowest BCUT2D eigenvalue weighted by molar-refractivity contribution is -0.133. The van der Waals surface area contributed by atoms with Gasteiger partial charge in [-0.2, -0.15) is 0 Å². The van der Waals surface area contributed by atoms with Gasteiger partial charge in [0.1, 0.15) is 5.75 Å². The fourth-order valence-electron chi connectivity index (χ4n) is 2.79. The third-order valence-electron chi connectivity index (χ3n) is 4.34. The minimum Gasteiger partial charge on any atom is -0.497 e. The Morgan fingerprint density at radius 2 is 1.82 bits per heavy atom. The van der Waals surface area contributed by atoms with Crippen molar-refractivity contribution in [3.05, 3.63) is 29.8 Å². The Kier molecular flexibility index (Phi) is 6.72. The molecule has 0 atom stereocenters. The van der Waals surface area contributed by atoms with E-state index in [1.807, 2.05) is 17.0 Å². The van der Waals surface area contributed by atoms with Gasteiger partial charge in [0.2, 0.25) is 5.91 Å². The van der Waals surface area contributed by atoms with Crippen molar-refractivity contribution in [1.29, 1.82) is 0 Å². The molecule has 2 rings (SSSR count). The Bertz CT molecular complexity index is 451. The minimum absolute atomic E-state index is 0.330. The van der Waals surface area contributed by atoms with Crippen molar-refractivity contribution < 1.29 is 9.53 Å². The summed E-state index contributed by atoms with van der Waals surface area (Å²) >= 11 is 0. The number of ether oxygens (including phenoxy) is 1. The third-order valence-corrected chi connectivity index (χ3v) is 4.34. The molecule has 1 amide bonds. The van der Waals surface area contributed by atoms with Crippen molar-refractivity contribution in [1.82, 2.24) is 9.80 Å².